The van der Waals surface area contributed by atoms with Gasteiger partial charge in [-0.1, -0.05) is 20.3 Å². The van der Waals surface area contributed by atoms with E-state index in [1.165, 1.54) is 25.8 Å². The molecule has 0 heterocycles. The number of nitrogens with zero attached hydrogens (tertiary/aromatic N) is 1. The van der Waals surface area contributed by atoms with Crippen molar-refractivity contribution in [2.45, 2.75) is 72.4 Å². The maximum atomic E-state index is 3.54. The van der Waals surface area contributed by atoms with Gasteiger partial charge in [0.2, 0.25) is 0 Å². The second-order valence-electron chi connectivity index (χ2n) is 6.70. The molecule has 1 unspecified atom stereocenters. The van der Waals surface area contributed by atoms with Crippen LogP contribution < -0.4 is 5.32 Å². The molecule has 0 aliphatic carbocycles. The summed E-state index contributed by atoms with van der Waals surface area (Å²) in [5.74, 6) is 0.752. The molecule has 2 nitrogen and oxygen atoms in total. The molecule has 17 heavy (non-hydrogen) atoms. The van der Waals surface area contributed by atoms with E-state index in [0.29, 0.717) is 6.04 Å². The fourth-order valence-electron chi connectivity index (χ4n) is 1.84. The molecule has 0 fully saturated rings. The summed E-state index contributed by atoms with van der Waals surface area (Å²) in [5.41, 5.74) is 0.267. The molecule has 0 saturated carbocycles. The lowest BCUT2D eigenvalue weighted by atomic mass is 10.0. The Morgan fingerprint density at radius 1 is 1.00 bits per heavy atom. The standard InChI is InChI=1S/C15H34N2/c1-13(2)14(3)17(7)12-10-8-9-11-16-15(4,5)6/h13-14,16H,8-12H2,1-7H3. The fraction of sp³-hybridized carbons (Fsp3) is 1.00. The fourth-order valence-corrected chi connectivity index (χ4v) is 1.84. The van der Waals surface area contributed by atoms with Gasteiger partial charge in [0.15, 0.2) is 0 Å². The third-order valence-electron chi connectivity index (χ3n) is 3.50. The minimum absolute atomic E-state index is 0.267. The van der Waals surface area contributed by atoms with E-state index < -0.39 is 0 Å². The Balaban J connectivity index is 3.46. The van der Waals surface area contributed by atoms with Gasteiger partial charge < -0.3 is 10.2 Å². The predicted molar refractivity (Wildman–Crippen MR) is 78.5 cm³/mol. The SMILES string of the molecule is CC(C)C(C)N(C)CCCCCNC(C)(C)C. The van der Waals surface area contributed by atoms with Crippen molar-refractivity contribution >= 4 is 0 Å². The molecule has 0 aromatic heterocycles. The quantitative estimate of drug-likeness (QED) is 0.655. The molecular weight excluding hydrogens is 208 g/mol. The first kappa shape index (κ1) is 16.9. The van der Waals surface area contributed by atoms with Crippen LogP contribution in [0.4, 0.5) is 0 Å². The van der Waals surface area contributed by atoms with Crippen LogP contribution in [0.5, 0.6) is 0 Å². The Morgan fingerprint density at radius 3 is 2.06 bits per heavy atom. The molecule has 2 heteroatoms. The second-order valence-corrected chi connectivity index (χ2v) is 6.70. The van der Waals surface area contributed by atoms with E-state index >= 15 is 0 Å². The number of unbranched alkanes of at least 4 members (excludes halogenated alkanes) is 2. The van der Waals surface area contributed by atoms with Crippen molar-refractivity contribution in [2.24, 2.45) is 5.92 Å². The highest BCUT2D eigenvalue weighted by Gasteiger charge is 2.12. The number of nitrogens with one attached hydrogen (secondary N) is 1. The Bertz CT molecular complexity index is 182. The summed E-state index contributed by atoms with van der Waals surface area (Å²) in [7, 11) is 2.25. The number of rotatable bonds is 8. The van der Waals surface area contributed by atoms with Crippen LogP contribution in [-0.2, 0) is 0 Å². The molecule has 0 aromatic carbocycles. The topological polar surface area (TPSA) is 15.3 Å². The Kier molecular flexibility index (Phi) is 8.06. The van der Waals surface area contributed by atoms with E-state index in [0.717, 1.165) is 12.5 Å². The summed E-state index contributed by atoms with van der Waals surface area (Å²) in [6.45, 7) is 16.0. The van der Waals surface area contributed by atoms with Crippen LogP contribution in [0.15, 0.2) is 0 Å². The smallest absolute Gasteiger partial charge is 0.00965 e. The Morgan fingerprint density at radius 2 is 1.59 bits per heavy atom. The summed E-state index contributed by atoms with van der Waals surface area (Å²) >= 11 is 0. The zero-order valence-corrected chi connectivity index (χ0v) is 13.1. The first-order valence-electron chi connectivity index (χ1n) is 7.19. The minimum Gasteiger partial charge on any atom is -0.312 e. The highest BCUT2D eigenvalue weighted by molar-refractivity contribution is 4.70. The van der Waals surface area contributed by atoms with E-state index in [1.54, 1.807) is 0 Å². The second kappa shape index (κ2) is 8.10. The van der Waals surface area contributed by atoms with Gasteiger partial charge in [-0.25, -0.2) is 0 Å². The van der Waals surface area contributed by atoms with Crippen LogP contribution in [0.2, 0.25) is 0 Å². The van der Waals surface area contributed by atoms with Crippen molar-refractivity contribution in [1.82, 2.24) is 10.2 Å². The van der Waals surface area contributed by atoms with E-state index in [-0.39, 0.29) is 5.54 Å². The average Bonchev–Trinajstić information content (AvgIpc) is 2.19. The zero-order chi connectivity index (χ0) is 13.5. The monoisotopic (exact) mass is 242 g/mol. The van der Waals surface area contributed by atoms with Crippen molar-refractivity contribution in [3.05, 3.63) is 0 Å². The van der Waals surface area contributed by atoms with Gasteiger partial charge in [0.25, 0.3) is 0 Å². The minimum atomic E-state index is 0.267. The van der Waals surface area contributed by atoms with Crippen molar-refractivity contribution < 1.29 is 0 Å². The van der Waals surface area contributed by atoms with Gasteiger partial charge in [-0.05, 0) is 66.6 Å². The van der Waals surface area contributed by atoms with Gasteiger partial charge >= 0.3 is 0 Å². The molecular formula is C15H34N2. The third kappa shape index (κ3) is 9.61. The van der Waals surface area contributed by atoms with Crippen molar-refractivity contribution in [3.63, 3.8) is 0 Å². The van der Waals surface area contributed by atoms with Gasteiger partial charge in [-0.2, -0.15) is 0 Å². The van der Waals surface area contributed by atoms with E-state index in [9.17, 15) is 0 Å². The van der Waals surface area contributed by atoms with E-state index in [4.69, 9.17) is 0 Å². The van der Waals surface area contributed by atoms with Gasteiger partial charge in [0.05, 0.1) is 0 Å². The highest BCUT2D eigenvalue weighted by Crippen LogP contribution is 2.09. The van der Waals surface area contributed by atoms with Crippen LogP contribution in [0.1, 0.15) is 60.8 Å². The highest BCUT2D eigenvalue weighted by atomic mass is 15.1. The molecule has 0 saturated heterocycles. The van der Waals surface area contributed by atoms with Crippen LogP contribution in [-0.4, -0.2) is 36.6 Å². The maximum absolute atomic E-state index is 3.54. The Hall–Kier alpha value is -0.0800. The number of hydrogen-bond acceptors (Lipinski definition) is 2. The molecule has 0 amide bonds. The van der Waals surface area contributed by atoms with Crippen LogP contribution in [0, 0.1) is 5.92 Å². The molecule has 1 N–H and O–H groups in total. The summed E-state index contributed by atoms with van der Waals surface area (Å²) < 4.78 is 0. The summed E-state index contributed by atoms with van der Waals surface area (Å²) in [6.07, 6.45) is 3.94. The average molecular weight is 242 g/mol. The lowest BCUT2D eigenvalue weighted by molar-refractivity contribution is 0.204. The largest absolute Gasteiger partial charge is 0.312 e. The molecule has 1 atom stereocenters. The van der Waals surface area contributed by atoms with Crippen LogP contribution in [0.3, 0.4) is 0 Å². The molecule has 0 spiro atoms. The zero-order valence-electron chi connectivity index (χ0n) is 13.1. The van der Waals surface area contributed by atoms with Gasteiger partial charge in [0.1, 0.15) is 0 Å². The molecule has 0 aliphatic rings. The normalized spacial score (nSPS) is 14.6. The molecule has 0 bridgehead atoms. The van der Waals surface area contributed by atoms with Gasteiger partial charge in [-0.3, -0.25) is 0 Å². The summed E-state index contributed by atoms with van der Waals surface area (Å²) in [5, 5.41) is 3.54. The lowest BCUT2D eigenvalue weighted by Gasteiger charge is -2.27. The van der Waals surface area contributed by atoms with Crippen LogP contribution in [0.25, 0.3) is 0 Å². The van der Waals surface area contributed by atoms with Gasteiger partial charge in [-0.15, -0.1) is 0 Å². The predicted octanol–water partition coefficient (Wildman–Crippen LogP) is 3.52. The molecule has 0 aromatic rings. The lowest BCUT2D eigenvalue weighted by Crippen LogP contribution is -2.36. The third-order valence-corrected chi connectivity index (χ3v) is 3.50. The summed E-state index contributed by atoms with van der Waals surface area (Å²) in [6, 6.07) is 0.697. The molecule has 0 rings (SSSR count). The van der Waals surface area contributed by atoms with Crippen molar-refractivity contribution in [1.29, 1.82) is 0 Å². The maximum Gasteiger partial charge on any atom is 0.00965 e. The van der Waals surface area contributed by atoms with Crippen molar-refractivity contribution in [2.75, 3.05) is 20.1 Å². The van der Waals surface area contributed by atoms with E-state index in [2.05, 4.69) is 58.8 Å². The first-order chi connectivity index (χ1) is 7.74. The first-order valence-corrected chi connectivity index (χ1v) is 7.19. The molecule has 0 radical (unpaired) electrons. The summed E-state index contributed by atoms with van der Waals surface area (Å²) in [4.78, 5) is 2.49. The van der Waals surface area contributed by atoms with Gasteiger partial charge in [0, 0.05) is 11.6 Å². The number of hydrogen-bond donors (Lipinski definition) is 1. The van der Waals surface area contributed by atoms with E-state index in [1.807, 2.05) is 0 Å². The Labute approximate surface area is 109 Å². The molecule has 104 valence electrons. The van der Waals surface area contributed by atoms with Crippen molar-refractivity contribution in [3.8, 4) is 0 Å². The van der Waals surface area contributed by atoms with Crippen LogP contribution >= 0.6 is 0 Å². The molecule has 0 aliphatic heterocycles.